The molecular formula is C20H24N4O4S. The fraction of sp³-hybridized carbons (Fsp3) is 0.500. The van der Waals surface area contributed by atoms with Gasteiger partial charge in [0.05, 0.1) is 23.3 Å². The number of aryl methyl sites for hydroxylation is 2. The van der Waals surface area contributed by atoms with E-state index in [0.29, 0.717) is 23.9 Å². The number of thiol groups is 1. The first-order valence-electron chi connectivity index (χ1n) is 10.0. The van der Waals surface area contributed by atoms with Gasteiger partial charge in [-0.1, -0.05) is 6.07 Å². The van der Waals surface area contributed by atoms with E-state index in [1.54, 1.807) is 11.8 Å². The van der Waals surface area contributed by atoms with Gasteiger partial charge in [0.2, 0.25) is 5.88 Å². The number of nitrogens with one attached hydrogen (secondary N) is 1. The number of urea groups is 1. The highest BCUT2D eigenvalue weighted by Gasteiger charge is 2.26. The Morgan fingerprint density at radius 3 is 2.69 bits per heavy atom. The molecule has 3 aliphatic rings. The van der Waals surface area contributed by atoms with E-state index in [1.807, 2.05) is 0 Å². The minimum Gasteiger partial charge on any atom is -0.474 e. The summed E-state index contributed by atoms with van der Waals surface area (Å²) in [4.78, 5) is 13.0. The number of hydrogen-bond donors (Lipinski definition) is 2. The van der Waals surface area contributed by atoms with Crippen molar-refractivity contribution in [3.05, 3.63) is 34.5 Å². The van der Waals surface area contributed by atoms with E-state index in [9.17, 15) is 9.00 Å². The number of nitrogens with zero attached hydrogens (tertiary/aromatic N) is 3. The average Bonchev–Trinajstić information content (AvgIpc) is 3.45. The van der Waals surface area contributed by atoms with Gasteiger partial charge in [0.25, 0.3) is 0 Å². The number of carbonyl (C=O) groups excluding carboxylic acids is 1. The van der Waals surface area contributed by atoms with E-state index in [4.69, 9.17) is 9.47 Å². The topological polar surface area (TPSA) is 94.8 Å². The highest BCUT2D eigenvalue weighted by atomic mass is 32.2. The van der Waals surface area contributed by atoms with Crippen LogP contribution in [-0.2, 0) is 47.6 Å². The first-order valence-corrected chi connectivity index (χ1v) is 11.2. The molecule has 5 rings (SSSR count). The molecule has 1 aromatic carbocycles. The molecule has 2 aromatic rings. The van der Waals surface area contributed by atoms with E-state index < -0.39 is 16.6 Å². The van der Waals surface area contributed by atoms with Crippen molar-refractivity contribution in [3.8, 4) is 5.88 Å². The van der Waals surface area contributed by atoms with Crippen molar-refractivity contribution in [2.45, 2.75) is 56.1 Å². The monoisotopic (exact) mass is 416 g/mol. The van der Waals surface area contributed by atoms with Crippen LogP contribution in [0.1, 0.15) is 35.1 Å². The lowest BCUT2D eigenvalue weighted by Gasteiger charge is -2.22. The minimum atomic E-state index is -2.31. The zero-order chi connectivity index (χ0) is 20.0. The van der Waals surface area contributed by atoms with Crippen LogP contribution in [-0.4, -0.2) is 39.8 Å². The molecule has 154 valence electrons. The number of carbonyl (C=O) groups is 1. The average molecular weight is 417 g/mol. The molecule has 2 aliphatic carbocycles. The molecule has 1 N–H and O–H groups in total. The molecule has 2 heterocycles. The molecule has 1 unspecified atom stereocenters. The minimum absolute atomic E-state index is 0.101. The normalized spacial score (nSPS) is 20.7. The molecular weight excluding hydrogens is 392 g/mol. The SMILES string of the molecule is CO[C@@H]1COc2c([SH](=O)=NC(=O)Nc3c4c(cc5c3CCC5)CCC4)cnn2C1. The zero-order valence-electron chi connectivity index (χ0n) is 16.3. The number of rotatable bonds is 3. The van der Waals surface area contributed by atoms with Crippen molar-refractivity contribution in [1.82, 2.24) is 9.78 Å². The van der Waals surface area contributed by atoms with Crippen LogP contribution in [0.25, 0.3) is 0 Å². The number of fused-ring (bicyclic) bond motifs is 3. The summed E-state index contributed by atoms with van der Waals surface area (Å²) in [5.74, 6) is 0.400. The number of hydrogen-bond acceptors (Lipinski definition) is 5. The Kier molecular flexibility index (Phi) is 4.79. The summed E-state index contributed by atoms with van der Waals surface area (Å²) in [5, 5.41) is 7.15. The summed E-state index contributed by atoms with van der Waals surface area (Å²) >= 11 is 0. The van der Waals surface area contributed by atoms with Crippen LogP contribution in [0, 0.1) is 0 Å². The quantitative estimate of drug-likeness (QED) is 0.750. The van der Waals surface area contributed by atoms with Crippen LogP contribution in [0.2, 0.25) is 0 Å². The summed E-state index contributed by atoms with van der Waals surface area (Å²) < 4.78 is 29.2. The lowest BCUT2D eigenvalue weighted by atomic mass is 9.99. The molecule has 0 spiro atoms. The number of ether oxygens (including phenoxy) is 2. The third-order valence-electron chi connectivity index (χ3n) is 5.98. The summed E-state index contributed by atoms with van der Waals surface area (Å²) in [6, 6.07) is 1.73. The van der Waals surface area contributed by atoms with Gasteiger partial charge in [-0.3, -0.25) is 0 Å². The van der Waals surface area contributed by atoms with Gasteiger partial charge in [-0.2, -0.15) is 5.10 Å². The summed E-state index contributed by atoms with van der Waals surface area (Å²) in [5.41, 5.74) is 6.01. The van der Waals surface area contributed by atoms with Gasteiger partial charge in [-0.25, -0.2) is 13.7 Å². The second-order valence-electron chi connectivity index (χ2n) is 7.72. The molecule has 0 saturated heterocycles. The Balaban J connectivity index is 1.40. The molecule has 8 nitrogen and oxygen atoms in total. The highest BCUT2D eigenvalue weighted by molar-refractivity contribution is 7.75. The van der Waals surface area contributed by atoms with Crippen molar-refractivity contribution in [3.63, 3.8) is 0 Å². The van der Waals surface area contributed by atoms with Crippen LogP contribution in [0.15, 0.2) is 21.5 Å². The fourth-order valence-corrected chi connectivity index (χ4v) is 5.39. The predicted molar refractivity (Wildman–Crippen MR) is 108 cm³/mol. The molecule has 29 heavy (non-hydrogen) atoms. The fourth-order valence-electron chi connectivity index (χ4n) is 4.57. The van der Waals surface area contributed by atoms with Crippen LogP contribution in [0.5, 0.6) is 5.88 Å². The third-order valence-corrected chi connectivity index (χ3v) is 7.06. The van der Waals surface area contributed by atoms with Gasteiger partial charge in [-0.05, 0) is 60.8 Å². The summed E-state index contributed by atoms with van der Waals surface area (Å²) in [7, 11) is -0.694. The predicted octanol–water partition coefficient (Wildman–Crippen LogP) is 2.52. The molecule has 0 saturated carbocycles. The Bertz CT molecular complexity index is 1040. The Hall–Kier alpha value is -2.39. The maximum absolute atomic E-state index is 12.8. The van der Waals surface area contributed by atoms with Crippen molar-refractivity contribution in [1.29, 1.82) is 0 Å². The van der Waals surface area contributed by atoms with Crippen molar-refractivity contribution >= 4 is 22.3 Å². The lowest BCUT2D eigenvalue weighted by Crippen LogP contribution is -2.32. The van der Waals surface area contributed by atoms with Gasteiger partial charge in [-0.15, -0.1) is 4.36 Å². The molecule has 1 aromatic heterocycles. The highest BCUT2D eigenvalue weighted by Crippen LogP contribution is 2.38. The van der Waals surface area contributed by atoms with Crippen LogP contribution in [0.4, 0.5) is 10.5 Å². The largest absolute Gasteiger partial charge is 0.474 e. The molecule has 1 aliphatic heterocycles. The zero-order valence-corrected chi connectivity index (χ0v) is 17.2. The van der Waals surface area contributed by atoms with Crippen LogP contribution in [0.3, 0.4) is 0 Å². The molecule has 0 bridgehead atoms. The molecule has 0 radical (unpaired) electrons. The van der Waals surface area contributed by atoms with E-state index in [1.165, 1.54) is 28.5 Å². The number of amides is 2. The maximum Gasteiger partial charge on any atom is 0.353 e. The van der Waals surface area contributed by atoms with E-state index >= 15 is 0 Å². The second-order valence-corrected chi connectivity index (χ2v) is 8.95. The van der Waals surface area contributed by atoms with Crippen molar-refractivity contribution in [2.24, 2.45) is 4.36 Å². The first kappa shape index (κ1) is 18.6. The van der Waals surface area contributed by atoms with E-state index in [2.05, 4.69) is 20.8 Å². The standard InChI is InChI=1S/C20H24N4O4S/c1-27-14-10-24-19(28-11-14)17(9-21-24)29(26)23-20(25)22-18-15-6-2-4-12(15)8-13-5-3-7-16(13)18/h8-9,14,29H,2-7,10-11H2,1H3,(H,22,25)/t14-/m0/s1. The first-order chi connectivity index (χ1) is 14.1. The smallest absolute Gasteiger partial charge is 0.353 e. The lowest BCUT2D eigenvalue weighted by molar-refractivity contribution is 0.0165. The number of benzene rings is 1. The van der Waals surface area contributed by atoms with Gasteiger partial charge >= 0.3 is 6.03 Å². The van der Waals surface area contributed by atoms with Crippen molar-refractivity contribution in [2.75, 3.05) is 19.0 Å². The molecule has 0 fully saturated rings. The molecule has 2 amide bonds. The number of anilines is 1. The summed E-state index contributed by atoms with van der Waals surface area (Å²) in [6.07, 6.45) is 7.62. The van der Waals surface area contributed by atoms with Gasteiger partial charge in [0.15, 0.2) is 0 Å². The summed E-state index contributed by atoms with van der Waals surface area (Å²) in [6.45, 7) is 0.871. The Morgan fingerprint density at radius 2 is 2.00 bits per heavy atom. The van der Waals surface area contributed by atoms with Crippen molar-refractivity contribution < 1.29 is 18.5 Å². The van der Waals surface area contributed by atoms with Crippen LogP contribution < -0.4 is 10.1 Å². The second kappa shape index (κ2) is 7.46. The maximum atomic E-state index is 12.8. The van der Waals surface area contributed by atoms with Gasteiger partial charge in [0.1, 0.15) is 17.6 Å². The van der Waals surface area contributed by atoms with Gasteiger partial charge < -0.3 is 14.8 Å². The molecule has 2 atom stereocenters. The van der Waals surface area contributed by atoms with E-state index in [0.717, 1.165) is 44.2 Å². The van der Waals surface area contributed by atoms with E-state index in [-0.39, 0.29) is 6.10 Å². The number of methoxy groups -OCH3 is 1. The number of aromatic nitrogens is 2. The van der Waals surface area contributed by atoms with Gasteiger partial charge in [0, 0.05) is 12.8 Å². The Labute approximate surface area is 170 Å². The third kappa shape index (κ3) is 3.32. The Morgan fingerprint density at radius 1 is 1.28 bits per heavy atom. The van der Waals surface area contributed by atoms with Crippen LogP contribution >= 0.6 is 0 Å². The molecule has 9 heteroatoms.